The molecular formula is C10H13FNO5P. The minimum atomic E-state index is -4.95. The summed E-state index contributed by atoms with van der Waals surface area (Å²) in [5.74, 6) is -1.49. The van der Waals surface area contributed by atoms with Gasteiger partial charge < -0.3 is 14.9 Å². The first-order chi connectivity index (χ1) is 8.36. The van der Waals surface area contributed by atoms with Crippen LogP contribution < -0.4 is 0 Å². The lowest BCUT2D eigenvalue weighted by atomic mass is 10.1. The van der Waals surface area contributed by atoms with E-state index < -0.39 is 26.6 Å². The van der Waals surface area contributed by atoms with Crippen molar-refractivity contribution in [2.75, 3.05) is 6.80 Å². The maximum absolute atomic E-state index is 12.6. The molecule has 0 aliphatic heterocycles. The average Bonchev–Trinajstić information content (AvgIpc) is 2.28. The molecule has 100 valence electrons. The summed E-state index contributed by atoms with van der Waals surface area (Å²) < 4.78 is 23.7. The smallest absolute Gasteiger partial charge is 0.405 e. The quantitative estimate of drug-likeness (QED) is 0.530. The van der Waals surface area contributed by atoms with Gasteiger partial charge in [0.1, 0.15) is 6.04 Å². The number of halogens is 1. The van der Waals surface area contributed by atoms with E-state index in [0.717, 1.165) is 0 Å². The van der Waals surface area contributed by atoms with Crippen molar-refractivity contribution in [3.8, 4) is 0 Å². The zero-order valence-electron chi connectivity index (χ0n) is 9.31. The number of alkyl halides is 1. The topological polar surface area (TPSA) is 98.1 Å². The Balaban J connectivity index is 2.96. The molecule has 0 aliphatic rings. The highest BCUT2D eigenvalue weighted by atomic mass is 31.2. The van der Waals surface area contributed by atoms with Crippen molar-refractivity contribution < 1.29 is 28.6 Å². The molecule has 6 nitrogen and oxygen atoms in total. The van der Waals surface area contributed by atoms with Crippen molar-refractivity contribution in [2.24, 2.45) is 0 Å². The highest BCUT2D eigenvalue weighted by molar-refractivity contribution is 7.49. The van der Waals surface area contributed by atoms with Gasteiger partial charge in [-0.15, -0.1) is 0 Å². The molecule has 3 N–H and O–H groups in total. The number of carbonyl (C=O) groups is 1. The van der Waals surface area contributed by atoms with Crippen molar-refractivity contribution in [2.45, 2.75) is 12.5 Å². The van der Waals surface area contributed by atoms with E-state index >= 15 is 0 Å². The van der Waals surface area contributed by atoms with Crippen molar-refractivity contribution in [3.05, 3.63) is 35.9 Å². The number of hydrogen-bond acceptors (Lipinski definition) is 2. The predicted molar refractivity (Wildman–Crippen MR) is 61.4 cm³/mol. The lowest BCUT2D eigenvalue weighted by Crippen LogP contribution is -2.40. The van der Waals surface area contributed by atoms with Gasteiger partial charge in [-0.05, 0) is 12.0 Å². The van der Waals surface area contributed by atoms with E-state index in [9.17, 15) is 13.8 Å². The average molecular weight is 277 g/mol. The molecule has 0 amide bonds. The third kappa shape index (κ3) is 3.89. The SMILES string of the molecule is O=C(O)[C@H](Cc1ccccc1)N(CF)P(=O)(O)O. The van der Waals surface area contributed by atoms with Gasteiger partial charge in [0.25, 0.3) is 0 Å². The van der Waals surface area contributed by atoms with Crippen LogP contribution in [0.5, 0.6) is 0 Å². The van der Waals surface area contributed by atoms with Gasteiger partial charge in [0, 0.05) is 0 Å². The van der Waals surface area contributed by atoms with E-state index in [0.29, 0.717) is 5.56 Å². The fourth-order valence-electron chi connectivity index (χ4n) is 1.49. The summed E-state index contributed by atoms with van der Waals surface area (Å²) in [4.78, 5) is 28.8. The number of rotatable bonds is 6. The van der Waals surface area contributed by atoms with Crippen LogP contribution in [0.25, 0.3) is 0 Å². The molecule has 0 heterocycles. The highest BCUT2D eigenvalue weighted by Gasteiger charge is 2.37. The fourth-order valence-corrected chi connectivity index (χ4v) is 2.17. The van der Waals surface area contributed by atoms with Crippen LogP contribution in [0, 0.1) is 0 Å². The van der Waals surface area contributed by atoms with Gasteiger partial charge in [0.05, 0.1) is 0 Å². The van der Waals surface area contributed by atoms with Crippen molar-refractivity contribution in [1.82, 2.24) is 4.67 Å². The Bertz CT molecular complexity index is 449. The minimum Gasteiger partial charge on any atom is -0.480 e. The van der Waals surface area contributed by atoms with Crippen molar-refractivity contribution in [1.29, 1.82) is 0 Å². The molecule has 0 unspecified atom stereocenters. The molecule has 0 saturated heterocycles. The highest BCUT2D eigenvalue weighted by Crippen LogP contribution is 2.42. The molecule has 0 aliphatic carbocycles. The third-order valence-corrected chi connectivity index (χ3v) is 3.43. The second kappa shape index (κ2) is 6.06. The Kier molecular flexibility index (Phi) is 4.98. The molecule has 1 atom stereocenters. The maximum Gasteiger partial charge on any atom is 0.405 e. The van der Waals surface area contributed by atoms with Crippen LogP contribution in [0.2, 0.25) is 0 Å². The largest absolute Gasteiger partial charge is 0.480 e. The first-order valence-electron chi connectivity index (χ1n) is 5.01. The predicted octanol–water partition coefficient (Wildman–Crippen LogP) is 1.00. The van der Waals surface area contributed by atoms with E-state index in [4.69, 9.17) is 14.9 Å². The molecule has 0 spiro atoms. The van der Waals surface area contributed by atoms with Crippen LogP contribution in [0.3, 0.4) is 0 Å². The molecule has 0 aromatic heterocycles. The molecule has 0 radical (unpaired) electrons. The number of nitrogens with zero attached hydrogens (tertiary/aromatic N) is 1. The standard InChI is InChI=1S/C10H13FNO5P/c11-7-12(18(15,16)17)9(10(13)14)6-8-4-2-1-3-5-8/h1-5,9H,6-7H2,(H,13,14)(H2,15,16,17)/t9-/m0/s1. The Morgan fingerprint density at radius 1 is 1.33 bits per heavy atom. The molecule has 0 bridgehead atoms. The van der Waals surface area contributed by atoms with Crippen LogP contribution in [-0.2, 0) is 15.8 Å². The summed E-state index contributed by atoms with van der Waals surface area (Å²) in [5, 5.41) is 8.95. The van der Waals surface area contributed by atoms with Crippen LogP contribution in [0.15, 0.2) is 30.3 Å². The van der Waals surface area contributed by atoms with Gasteiger partial charge in [-0.3, -0.25) is 4.79 Å². The van der Waals surface area contributed by atoms with E-state index in [-0.39, 0.29) is 11.1 Å². The van der Waals surface area contributed by atoms with Crippen LogP contribution in [0.4, 0.5) is 4.39 Å². The lowest BCUT2D eigenvalue weighted by molar-refractivity contribution is -0.142. The van der Waals surface area contributed by atoms with Crippen molar-refractivity contribution >= 4 is 13.7 Å². The molecule has 18 heavy (non-hydrogen) atoms. The molecule has 0 fully saturated rings. The Morgan fingerprint density at radius 2 is 1.89 bits per heavy atom. The maximum atomic E-state index is 12.6. The summed E-state index contributed by atoms with van der Waals surface area (Å²) >= 11 is 0. The Morgan fingerprint density at radius 3 is 2.28 bits per heavy atom. The van der Waals surface area contributed by atoms with Crippen LogP contribution in [-0.4, -0.2) is 38.4 Å². The normalized spacial score (nSPS) is 13.6. The number of carboxylic acid groups (broad SMARTS) is 1. The van der Waals surface area contributed by atoms with Crippen LogP contribution >= 0.6 is 7.75 Å². The van der Waals surface area contributed by atoms with Gasteiger partial charge >= 0.3 is 13.7 Å². The van der Waals surface area contributed by atoms with E-state index in [1.807, 2.05) is 0 Å². The minimum absolute atomic E-state index is 0.0301. The number of hydrogen-bond donors (Lipinski definition) is 3. The second-order valence-corrected chi connectivity index (χ2v) is 5.16. The molecule has 1 aromatic carbocycles. The van der Waals surface area contributed by atoms with Gasteiger partial charge in [0.15, 0.2) is 6.80 Å². The van der Waals surface area contributed by atoms with Gasteiger partial charge in [-0.1, -0.05) is 30.3 Å². The molecular weight excluding hydrogens is 264 g/mol. The van der Waals surface area contributed by atoms with E-state index in [1.165, 1.54) is 0 Å². The lowest BCUT2D eigenvalue weighted by Gasteiger charge is -2.26. The summed E-state index contributed by atoms with van der Waals surface area (Å²) in [5.41, 5.74) is 0.553. The summed E-state index contributed by atoms with van der Waals surface area (Å²) in [6.45, 7) is -1.53. The summed E-state index contributed by atoms with van der Waals surface area (Å²) in [6.07, 6.45) is -0.189. The third-order valence-electron chi connectivity index (χ3n) is 2.37. The first kappa shape index (κ1) is 14.8. The molecule has 8 heteroatoms. The number of aliphatic carboxylic acids is 1. The first-order valence-corrected chi connectivity index (χ1v) is 6.58. The zero-order chi connectivity index (χ0) is 13.8. The summed E-state index contributed by atoms with van der Waals surface area (Å²) in [6, 6.07) is 6.63. The van der Waals surface area contributed by atoms with Gasteiger partial charge in [0.2, 0.25) is 0 Å². The van der Waals surface area contributed by atoms with E-state index in [1.54, 1.807) is 30.3 Å². The fraction of sp³-hybridized carbons (Fsp3) is 0.300. The second-order valence-electron chi connectivity index (χ2n) is 3.62. The monoisotopic (exact) mass is 277 g/mol. The van der Waals surface area contributed by atoms with Gasteiger partial charge in [-0.25, -0.2) is 8.96 Å². The Hall–Kier alpha value is -1.27. The zero-order valence-corrected chi connectivity index (χ0v) is 10.2. The molecule has 1 rings (SSSR count). The molecule has 0 saturated carbocycles. The number of carboxylic acids is 1. The molecule has 1 aromatic rings. The summed E-state index contributed by atoms with van der Waals surface area (Å²) in [7, 11) is -4.95. The van der Waals surface area contributed by atoms with E-state index in [2.05, 4.69) is 0 Å². The van der Waals surface area contributed by atoms with Crippen LogP contribution in [0.1, 0.15) is 5.56 Å². The number of benzene rings is 1. The van der Waals surface area contributed by atoms with Crippen molar-refractivity contribution in [3.63, 3.8) is 0 Å². The van der Waals surface area contributed by atoms with Gasteiger partial charge in [-0.2, -0.15) is 4.67 Å². The Labute approximate surface area is 103 Å².